The van der Waals surface area contributed by atoms with Crippen LogP contribution in [-0.4, -0.2) is 18.0 Å². The van der Waals surface area contributed by atoms with Gasteiger partial charge in [-0.2, -0.15) is 0 Å². The Kier molecular flexibility index (Phi) is 3.09. The van der Waals surface area contributed by atoms with E-state index in [0.717, 1.165) is 5.75 Å². The molecule has 5 heteroatoms. The van der Waals surface area contributed by atoms with Crippen molar-refractivity contribution in [2.75, 3.05) is 12.4 Å². The molecule has 0 saturated carbocycles. The molecule has 1 heterocycles. The van der Waals surface area contributed by atoms with Crippen LogP contribution in [0.3, 0.4) is 0 Å². The minimum absolute atomic E-state index is 0.0435. The maximum atomic E-state index is 12.0. The van der Waals surface area contributed by atoms with E-state index in [-0.39, 0.29) is 11.8 Å². The Bertz CT molecular complexity index is 714. The number of para-hydroxylation sites is 2. The first-order chi connectivity index (χ1) is 9.76. The van der Waals surface area contributed by atoms with Gasteiger partial charge < -0.3 is 14.5 Å². The molecule has 5 nitrogen and oxygen atoms in total. The number of carbonyl (C=O) groups excluding carboxylic acids is 1. The second-order valence-corrected chi connectivity index (χ2v) is 4.17. The summed E-state index contributed by atoms with van der Waals surface area (Å²) in [6.07, 6.45) is 0. The third-order valence-electron chi connectivity index (χ3n) is 2.84. The van der Waals surface area contributed by atoms with E-state index in [1.807, 2.05) is 12.1 Å². The molecule has 3 aromatic rings. The second kappa shape index (κ2) is 5.05. The monoisotopic (exact) mass is 268 g/mol. The number of rotatable bonds is 3. The molecule has 0 fully saturated rings. The quantitative estimate of drug-likeness (QED) is 0.792. The van der Waals surface area contributed by atoms with Crippen molar-refractivity contribution in [1.82, 2.24) is 4.98 Å². The average molecular weight is 268 g/mol. The normalized spacial score (nSPS) is 10.4. The van der Waals surface area contributed by atoms with Crippen LogP contribution < -0.4 is 10.1 Å². The van der Waals surface area contributed by atoms with Crippen molar-refractivity contribution in [3.8, 4) is 5.75 Å². The predicted molar refractivity (Wildman–Crippen MR) is 75.0 cm³/mol. The summed E-state index contributed by atoms with van der Waals surface area (Å²) in [4.78, 5) is 16.2. The van der Waals surface area contributed by atoms with E-state index >= 15 is 0 Å². The van der Waals surface area contributed by atoms with Crippen molar-refractivity contribution < 1.29 is 13.9 Å². The molecule has 0 unspecified atom stereocenters. The van der Waals surface area contributed by atoms with Crippen molar-refractivity contribution in [2.24, 2.45) is 0 Å². The van der Waals surface area contributed by atoms with E-state index in [1.54, 1.807) is 43.5 Å². The summed E-state index contributed by atoms with van der Waals surface area (Å²) in [7, 11) is 1.59. The molecule has 3 rings (SSSR count). The Hall–Kier alpha value is -2.82. The molecule has 0 atom stereocenters. The van der Waals surface area contributed by atoms with Crippen LogP contribution >= 0.6 is 0 Å². The zero-order valence-electron chi connectivity index (χ0n) is 10.8. The predicted octanol–water partition coefficient (Wildman–Crippen LogP) is 3.09. The molecular weight excluding hydrogens is 256 g/mol. The maximum absolute atomic E-state index is 12.0. The van der Waals surface area contributed by atoms with E-state index in [1.165, 1.54) is 0 Å². The summed E-state index contributed by atoms with van der Waals surface area (Å²) >= 11 is 0. The molecule has 0 aliphatic heterocycles. The zero-order chi connectivity index (χ0) is 13.9. The summed E-state index contributed by atoms with van der Waals surface area (Å²) in [5, 5.41) is 2.72. The fourth-order valence-electron chi connectivity index (χ4n) is 1.83. The third kappa shape index (κ3) is 2.33. The minimum atomic E-state index is -0.383. The number of benzene rings is 2. The maximum Gasteiger partial charge on any atom is 0.311 e. The number of anilines is 1. The minimum Gasteiger partial charge on any atom is -0.497 e. The number of carbonyl (C=O) groups is 1. The van der Waals surface area contributed by atoms with E-state index in [2.05, 4.69) is 10.3 Å². The molecule has 1 N–H and O–H groups in total. The number of ether oxygens (including phenoxy) is 1. The lowest BCUT2D eigenvalue weighted by Crippen LogP contribution is -2.12. The number of methoxy groups -OCH3 is 1. The lowest BCUT2D eigenvalue weighted by atomic mass is 10.3. The lowest BCUT2D eigenvalue weighted by molar-refractivity contribution is 0.0992. The van der Waals surface area contributed by atoms with Crippen LogP contribution in [0.1, 0.15) is 10.7 Å². The molecule has 0 aliphatic rings. The number of fused-ring (bicyclic) bond motifs is 1. The number of hydrogen-bond donors (Lipinski definition) is 1. The first-order valence-corrected chi connectivity index (χ1v) is 6.07. The number of oxazole rings is 1. The van der Waals surface area contributed by atoms with Gasteiger partial charge in [0.1, 0.15) is 11.3 Å². The fraction of sp³-hybridized carbons (Fsp3) is 0.0667. The molecule has 0 spiro atoms. The van der Waals surface area contributed by atoms with Crippen molar-refractivity contribution >= 4 is 22.7 Å². The smallest absolute Gasteiger partial charge is 0.311 e. The molecule has 1 aromatic heterocycles. The Morgan fingerprint density at radius 1 is 1.15 bits per heavy atom. The molecule has 0 radical (unpaired) electrons. The highest BCUT2D eigenvalue weighted by Gasteiger charge is 2.14. The molecular formula is C15H12N2O3. The zero-order valence-corrected chi connectivity index (χ0v) is 10.8. The summed E-state index contributed by atoms with van der Waals surface area (Å²) in [6.45, 7) is 0. The van der Waals surface area contributed by atoms with Gasteiger partial charge in [-0.3, -0.25) is 4.79 Å². The fourth-order valence-corrected chi connectivity index (χ4v) is 1.83. The highest BCUT2D eigenvalue weighted by atomic mass is 16.5. The topological polar surface area (TPSA) is 64.4 Å². The number of hydrogen-bond acceptors (Lipinski definition) is 4. The third-order valence-corrected chi connectivity index (χ3v) is 2.84. The SMILES string of the molecule is COc1ccc(NC(=O)c2nc3ccccc3o2)cc1. The second-order valence-electron chi connectivity index (χ2n) is 4.17. The van der Waals surface area contributed by atoms with Gasteiger partial charge in [0.05, 0.1) is 7.11 Å². The summed E-state index contributed by atoms with van der Waals surface area (Å²) < 4.78 is 10.5. The standard InChI is InChI=1S/C15H12N2O3/c1-19-11-8-6-10(7-9-11)16-14(18)15-17-12-4-2-3-5-13(12)20-15/h2-9H,1H3,(H,16,18). The van der Waals surface area contributed by atoms with Crippen LogP contribution in [0.2, 0.25) is 0 Å². The van der Waals surface area contributed by atoms with Gasteiger partial charge in [-0.1, -0.05) is 12.1 Å². The highest BCUT2D eigenvalue weighted by molar-refractivity contribution is 6.02. The highest BCUT2D eigenvalue weighted by Crippen LogP contribution is 2.18. The van der Waals surface area contributed by atoms with Crippen molar-refractivity contribution in [1.29, 1.82) is 0 Å². The molecule has 1 amide bonds. The van der Waals surface area contributed by atoms with Crippen molar-refractivity contribution in [3.05, 3.63) is 54.4 Å². The van der Waals surface area contributed by atoms with Gasteiger partial charge in [0.2, 0.25) is 0 Å². The van der Waals surface area contributed by atoms with Gasteiger partial charge in [0.15, 0.2) is 5.58 Å². The van der Waals surface area contributed by atoms with Gasteiger partial charge >= 0.3 is 5.91 Å². The van der Waals surface area contributed by atoms with Gasteiger partial charge in [-0.05, 0) is 36.4 Å². The number of aromatic nitrogens is 1. The summed E-state index contributed by atoms with van der Waals surface area (Å²) in [6, 6.07) is 14.3. The van der Waals surface area contributed by atoms with Crippen molar-refractivity contribution in [3.63, 3.8) is 0 Å². The largest absolute Gasteiger partial charge is 0.497 e. The molecule has 0 saturated heterocycles. The van der Waals surface area contributed by atoms with E-state index in [9.17, 15) is 4.79 Å². The molecule has 20 heavy (non-hydrogen) atoms. The average Bonchev–Trinajstić information content (AvgIpc) is 2.92. The Balaban J connectivity index is 1.81. The molecule has 0 aliphatic carbocycles. The number of nitrogens with one attached hydrogen (secondary N) is 1. The Labute approximate surface area is 115 Å². The van der Waals surface area contributed by atoms with E-state index in [4.69, 9.17) is 9.15 Å². The number of amides is 1. The first-order valence-electron chi connectivity index (χ1n) is 6.07. The van der Waals surface area contributed by atoms with Crippen LogP contribution in [0.4, 0.5) is 5.69 Å². The van der Waals surface area contributed by atoms with Gasteiger partial charge in [0, 0.05) is 5.69 Å². The molecule has 100 valence electrons. The lowest BCUT2D eigenvalue weighted by Gasteiger charge is -2.03. The van der Waals surface area contributed by atoms with Crippen LogP contribution in [0, 0.1) is 0 Å². The van der Waals surface area contributed by atoms with E-state index < -0.39 is 0 Å². The van der Waals surface area contributed by atoms with E-state index in [0.29, 0.717) is 16.8 Å². The van der Waals surface area contributed by atoms with Crippen LogP contribution in [-0.2, 0) is 0 Å². The molecule has 2 aromatic carbocycles. The summed E-state index contributed by atoms with van der Waals surface area (Å²) in [5.41, 5.74) is 1.90. The van der Waals surface area contributed by atoms with Crippen LogP contribution in [0.5, 0.6) is 5.75 Å². The Morgan fingerprint density at radius 3 is 2.60 bits per heavy atom. The Morgan fingerprint density at radius 2 is 1.90 bits per heavy atom. The molecule has 0 bridgehead atoms. The van der Waals surface area contributed by atoms with Crippen LogP contribution in [0.15, 0.2) is 52.9 Å². The summed E-state index contributed by atoms with van der Waals surface area (Å²) in [5.74, 6) is 0.387. The van der Waals surface area contributed by atoms with Gasteiger partial charge in [0.25, 0.3) is 5.89 Å². The van der Waals surface area contributed by atoms with Gasteiger partial charge in [-0.15, -0.1) is 0 Å². The first kappa shape index (κ1) is 12.2. The van der Waals surface area contributed by atoms with Crippen molar-refractivity contribution in [2.45, 2.75) is 0 Å². The van der Waals surface area contributed by atoms with Gasteiger partial charge in [-0.25, -0.2) is 4.98 Å². The van der Waals surface area contributed by atoms with Crippen LogP contribution in [0.25, 0.3) is 11.1 Å². The number of nitrogens with zero attached hydrogens (tertiary/aromatic N) is 1.